The van der Waals surface area contributed by atoms with Crippen molar-refractivity contribution < 1.29 is 32.5 Å². The highest BCUT2D eigenvalue weighted by Gasteiger charge is 2.65. The lowest BCUT2D eigenvalue weighted by molar-refractivity contribution is -0.0835. The van der Waals surface area contributed by atoms with Crippen LogP contribution in [-0.4, -0.2) is 56.6 Å². The Labute approximate surface area is 254 Å². The molecule has 1 amide bonds. The number of carbonyl (C=O) groups excluding carboxylic acids is 1. The third-order valence-corrected chi connectivity index (χ3v) is 11.8. The molecule has 0 aromatic heterocycles. The Morgan fingerprint density at radius 1 is 1.19 bits per heavy atom. The average Bonchev–Trinajstić information content (AvgIpc) is 3.52. The number of hydrogen-bond acceptors (Lipinski definition) is 9. The highest BCUT2D eigenvalue weighted by molar-refractivity contribution is 7.92. The van der Waals surface area contributed by atoms with Crippen LogP contribution in [0.15, 0.2) is 59.5 Å². The highest BCUT2D eigenvalue weighted by atomic mass is 32.2. The van der Waals surface area contributed by atoms with Gasteiger partial charge in [0, 0.05) is 25.2 Å². The van der Waals surface area contributed by atoms with Gasteiger partial charge in [-0.15, -0.1) is 0 Å². The molecule has 2 aromatic rings. The molecular formula is C32H43N3O7S. The lowest BCUT2D eigenvalue weighted by atomic mass is 9.60. The number of ether oxygens (including phenoxy) is 3. The number of methoxy groups -OCH3 is 1. The zero-order valence-electron chi connectivity index (χ0n) is 25.0. The van der Waals surface area contributed by atoms with Gasteiger partial charge in [-0.25, -0.2) is 13.2 Å². The van der Waals surface area contributed by atoms with Crippen molar-refractivity contribution in [3.63, 3.8) is 0 Å². The van der Waals surface area contributed by atoms with E-state index in [0.29, 0.717) is 43.6 Å². The zero-order chi connectivity index (χ0) is 31.1. The van der Waals surface area contributed by atoms with E-state index >= 15 is 0 Å². The first-order valence-electron chi connectivity index (χ1n) is 14.9. The first-order valence-corrected chi connectivity index (χ1v) is 16.4. The van der Waals surface area contributed by atoms with Gasteiger partial charge >= 0.3 is 6.09 Å². The quantitative estimate of drug-likeness (QED) is 0.294. The Morgan fingerprint density at radius 2 is 1.86 bits per heavy atom. The Kier molecular flexibility index (Phi) is 10.4. The molecule has 0 radical (unpaired) electrons. The van der Waals surface area contributed by atoms with Crippen LogP contribution in [0, 0.1) is 22.7 Å². The SMILES string of the molecule is COc1ccc(S(=O)(=O)[C@](O)([C@@H](C)C2(CCC#N)CCCCC2)[C@](N)(Cc2ccccc2)NC(=O)OC2CCOC2)cc1. The normalized spacial score (nSPS) is 21.9. The molecule has 11 heteroatoms. The van der Waals surface area contributed by atoms with Crippen LogP contribution >= 0.6 is 0 Å². The molecule has 4 atom stereocenters. The van der Waals surface area contributed by atoms with Gasteiger partial charge in [0.1, 0.15) is 17.5 Å². The van der Waals surface area contributed by atoms with E-state index in [1.807, 2.05) is 6.07 Å². The minimum Gasteiger partial charge on any atom is -0.497 e. The lowest BCUT2D eigenvalue weighted by Gasteiger charge is -2.54. The predicted molar refractivity (Wildman–Crippen MR) is 161 cm³/mol. The number of amides is 1. The Hall–Kier alpha value is -3.17. The molecule has 0 bridgehead atoms. The van der Waals surface area contributed by atoms with Gasteiger partial charge in [-0.05, 0) is 54.5 Å². The summed E-state index contributed by atoms with van der Waals surface area (Å²) in [6, 6.07) is 16.8. The van der Waals surface area contributed by atoms with E-state index in [9.17, 15) is 23.6 Å². The standard InChI is InChI=1S/C32H43N3O7S/c1-24(30(19-9-20-33)17-7-4-8-18-30)32(37,43(38,39)28-14-12-26(40-2)13-15-28)31(34,22-25-10-5-3-6-11-25)35-29(36)42-27-16-21-41-23-27/h3,5-6,10-15,24,27,37H,4,7-9,16-19,21-23,34H2,1-2H3,(H,35,36)/t24-,27?,31-,32+/m0/s1. The number of sulfone groups is 1. The summed E-state index contributed by atoms with van der Waals surface area (Å²) in [5, 5.41) is 25.3. The van der Waals surface area contributed by atoms with Crippen molar-refractivity contribution in [2.24, 2.45) is 17.1 Å². The van der Waals surface area contributed by atoms with Crippen LogP contribution in [0.3, 0.4) is 0 Å². The van der Waals surface area contributed by atoms with Crippen LogP contribution in [-0.2, 0) is 25.7 Å². The van der Waals surface area contributed by atoms with E-state index in [1.165, 1.54) is 31.4 Å². The summed E-state index contributed by atoms with van der Waals surface area (Å²) in [7, 11) is -3.22. The van der Waals surface area contributed by atoms with Gasteiger partial charge < -0.3 is 25.1 Å². The van der Waals surface area contributed by atoms with Crippen LogP contribution in [0.1, 0.15) is 63.9 Å². The predicted octanol–water partition coefficient (Wildman–Crippen LogP) is 4.46. The fourth-order valence-electron chi connectivity index (χ4n) is 6.82. The molecule has 4 rings (SSSR count). The van der Waals surface area contributed by atoms with Gasteiger partial charge in [0.05, 0.1) is 31.3 Å². The smallest absolute Gasteiger partial charge is 0.409 e. The molecule has 0 spiro atoms. The molecule has 1 unspecified atom stereocenters. The third kappa shape index (κ3) is 6.68. The second kappa shape index (κ2) is 13.6. The van der Waals surface area contributed by atoms with Gasteiger partial charge in [0.25, 0.3) is 0 Å². The molecular weight excluding hydrogens is 570 g/mol. The maximum atomic E-state index is 14.9. The van der Waals surface area contributed by atoms with Crippen molar-refractivity contribution in [3.8, 4) is 11.8 Å². The molecule has 1 aliphatic carbocycles. The van der Waals surface area contributed by atoms with E-state index in [1.54, 1.807) is 31.2 Å². The number of nitrogens with zero attached hydrogens (tertiary/aromatic N) is 1. The molecule has 1 saturated carbocycles. The number of nitriles is 1. The molecule has 4 N–H and O–H groups in total. The Balaban J connectivity index is 1.91. The molecule has 2 aliphatic rings. The first-order chi connectivity index (χ1) is 20.5. The number of carbonyl (C=O) groups is 1. The first kappa shape index (κ1) is 32.7. The number of nitrogens with one attached hydrogen (secondary N) is 1. The topological polar surface area (TPSA) is 161 Å². The van der Waals surface area contributed by atoms with Crippen molar-refractivity contribution in [1.29, 1.82) is 5.26 Å². The monoisotopic (exact) mass is 613 g/mol. The minimum absolute atomic E-state index is 0.170. The maximum absolute atomic E-state index is 14.9. The third-order valence-electron chi connectivity index (χ3n) is 9.32. The van der Waals surface area contributed by atoms with Crippen LogP contribution in [0.5, 0.6) is 5.75 Å². The Morgan fingerprint density at radius 3 is 2.44 bits per heavy atom. The minimum atomic E-state index is -4.69. The van der Waals surface area contributed by atoms with Gasteiger partial charge in [0.2, 0.25) is 14.8 Å². The summed E-state index contributed by atoms with van der Waals surface area (Å²) in [6.45, 7) is 2.34. The van der Waals surface area contributed by atoms with Crippen LogP contribution < -0.4 is 15.8 Å². The van der Waals surface area contributed by atoms with E-state index in [0.717, 1.165) is 19.3 Å². The maximum Gasteiger partial charge on any atom is 0.409 e. The van der Waals surface area contributed by atoms with Crippen LogP contribution in [0.25, 0.3) is 0 Å². The van der Waals surface area contributed by atoms with Gasteiger partial charge in [-0.3, -0.25) is 5.32 Å². The zero-order valence-corrected chi connectivity index (χ0v) is 25.8. The van der Waals surface area contributed by atoms with E-state index < -0.39 is 44.0 Å². The van der Waals surface area contributed by atoms with E-state index in [-0.39, 0.29) is 24.3 Å². The van der Waals surface area contributed by atoms with Gasteiger partial charge in [-0.2, -0.15) is 5.26 Å². The van der Waals surface area contributed by atoms with Crippen LogP contribution in [0.2, 0.25) is 0 Å². The second-order valence-corrected chi connectivity index (χ2v) is 13.9. The summed E-state index contributed by atoms with van der Waals surface area (Å²) in [4.78, 5) is 10.5. The molecule has 1 saturated heterocycles. The van der Waals surface area contributed by atoms with Crippen LogP contribution in [0.4, 0.5) is 4.79 Å². The summed E-state index contributed by atoms with van der Waals surface area (Å²) < 4.78 is 45.9. The Bertz CT molecular complexity index is 1370. The van der Waals surface area contributed by atoms with Crippen molar-refractivity contribution in [2.45, 2.75) is 86.3 Å². The summed E-state index contributed by atoms with van der Waals surface area (Å²) in [5.41, 5.74) is 4.73. The molecule has 2 aromatic carbocycles. The van der Waals surface area contributed by atoms with Gasteiger partial charge in [-0.1, -0.05) is 56.5 Å². The number of aliphatic hydroxyl groups is 1. The number of benzene rings is 2. The van der Waals surface area contributed by atoms with Crippen molar-refractivity contribution in [2.75, 3.05) is 20.3 Å². The van der Waals surface area contributed by atoms with E-state index in [4.69, 9.17) is 19.9 Å². The largest absolute Gasteiger partial charge is 0.497 e. The lowest BCUT2D eigenvalue weighted by Crippen LogP contribution is -2.77. The fraction of sp³-hybridized carbons (Fsp3) is 0.562. The second-order valence-electron chi connectivity index (χ2n) is 11.8. The highest BCUT2D eigenvalue weighted by Crippen LogP contribution is 2.54. The summed E-state index contributed by atoms with van der Waals surface area (Å²) in [6.07, 6.45) is 3.22. The number of alkyl carbamates (subject to hydrolysis) is 1. The van der Waals surface area contributed by atoms with Crippen molar-refractivity contribution in [1.82, 2.24) is 5.32 Å². The number of hydrogen-bond donors (Lipinski definition) is 3. The molecule has 1 heterocycles. The number of rotatable bonds is 12. The molecule has 1 aliphatic heterocycles. The van der Waals surface area contributed by atoms with Crippen molar-refractivity contribution >= 4 is 15.9 Å². The van der Waals surface area contributed by atoms with Gasteiger partial charge in [0.15, 0.2) is 0 Å². The molecule has 2 fully saturated rings. The fourth-order valence-corrected chi connectivity index (χ4v) is 8.99. The summed E-state index contributed by atoms with van der Waals surface area (Å²) >= 11 is 0. The molecule has 43 heavy (non-hydrogen) atoms. The summed E-state index contributed by atoms with van der Waals surface area (Å²) in [5.74, 6) is -0.554. The molecule has 234 valence electrons. The molecule has 10 nitrogen and oxygen atoms in total. The average molecular weight is 614 g/mol. The van der Waals surface area contributed by atoms with E-state index in [2.05, 4.69) is 11.4 Å². The van der Waals surface area contributed by atoms with Crippen molar-refractivity contribution in [3.05, 3.63) is 60.2 Å². The number of nitrogens with two attached hydrogens (primary N) is 1.